The molecule has 1 heterocycles. The van der Waals surface area contributed by atoms with Crippen molar-refractivity contribution in [2.75, 3.05) is 26.0 Å². The standard InChI is InChI=1S/C25H30N4O2/c1-16-10-11-22-21(12-16)19-8-5-9-20(24(19)28-22)25(31)26-14-17-6-4-7-18(13-17)27-23(30)15-29(2)3/h4-9,13,16,28H,10-12,14-15H2,1-3H3,(H,26,31)(H,27,30). The number of carbonyl (C=O) groups excluding carboxylic acids is 2. The van der Waals surface area contributed by atoms with Gasteiger partial charge >= 0.3 is 0 Å². The molecule has 1 aliphatic carbocycles. The lowest BCUT2D eigenvalue weighted by atomic mass is 9.87. The molecule has 2 aromatic carbocycles. The number of aromatic amines is 1. The van der Waals surface area contributed by atoms with Gasteiger partial charge in [-0.3, -0.25) is 9.59 Å². The highest BCUT2D eigenvalue weighted by Gasteiger charge is 2.22. The van der Waals surface area contributed by atoms with Crippen molar-refractivity contribution in [3.63, 3.8) is 0 Å². The number of amides is 2. The van der Waals surface area contributed by atoms with Gasteiger partial charge in [0.2, 0.25) is 5.91 Å². The number of anilines is 1. The van der Waals surface area contributed by atoms with E-state index in [1.54, 1.807) is 0 Å². The van der Waals surface area contributed by atoms with Gasteiger partial charge in [0.1, 0.15) is 0 Å². The maximum Gasteiger partial charge on any atom is 0.253 e. The second-order valence-corrected chi connectivity index (χ2v) is 8.83. The van der Waals surface area contributed by atoms with Crippen LogP contribution in [-0.2, 0) is 24.2 Å². The van der Waals surface area contributed by atoms with Crippen molar-refractivity contribution < 1.29 is 9.59 Å². The molecule has 6 nitrogen and oxygen atoms in total. The number of H-pyrrole nitrogens is 1. The fourth-order valence-corrected chi connectivity index (χ4v) is 4.33. The molecule has 0 fully saturated rings. The molecule has 0 saturated heterocycles. The van der Waals surface area contributed by atoms with Crippen LogP contribution in [0.2, 0.25) is 0 Å². The molecule has 1 aromatic heterocycles. The van der Waals surface area contributed by atoms with E-state index in [2.05, 4.69) is 28.6 Å². The van der Waals surface area contributed by atoms with Gasteiger partial charge in [-0.25, -0.2) is 0 Å². The highest BCUT2D eigenvalue weighted by Crippen LogP contribution is 2.33. The average Bonchev–Trinajstić information content (AvgIpc) is 3.09. The topological polar surface area (TPSA) is 77.2 Å². The molecule has 3 aromatic rings. The van der Waals surface area contributed by atoms with Crippen LogP contribution in [0.4, 0.5) is 5.69 Å². The molecule has 1 atom stereocenters. The second-order valence-electron chi connectivity index (χ2n) is 8.83. The Morgan fingerprint density at radius 1 is 1.16 bits per heavy atom. The van der Waals surface area contributed by atoms with Gasteiger partial charge in [-0.2, -0.15) is 0 Å². The second kappa shape index (κ2) is 8.94. The van der Waals surface area contributed by atoms with E-state index in [-0.39, 0.29) is 11.8 Å². The van der Waals surface area contributed by atoms with Crippen LogP contribution in [0.5, 0.6) is 0 Å². The zero-order valence-electron chi connectivity index (χ0n) is 18.4. The molecular formula is C25H30N4O2. The molecule has 3 N–H and O–H groups in total. The van der Waals surface area contributed by atoms with Crippen LogP contribution >= 0.6 is 0 Å². The van der Waals surface area contributed by atoms with Crippen molar-refractivity contribution in [1.29, 1.82) is 0 Å². The average molecular weight is 419 g/mol. The molecule has 0 aliphatic heterocycles. The van der Waals surface area contributed by atoms with Crippen LogP contribution in [0.25, 0.3) is 10.9 Å². The monoisotopic (exact) mass is 418 g/mol. The Kier molecular flexibility index (Phi) is 6.09. The number of aryl methyl sites for hydroxylation is 1. The zero-order chi connectivity index (χ0) is 22.0. The first-order valence-corrected chi connectivity index (χ1v) is 10.8. The predicted molar refractivity (Wildman–Crippen MR) is 124 cm³/mol. The Morgan fingerprint density at radius 2 is 1.97 bits per heavy atom. The molecule has 2 amide bonds. The molecule has 162 valence electrons. The number of nitrogens with one attached hydrogen (secondary N) is 3. The van der Waals surface area contributed by atoms with Gasteiger partial charge in [0.25, 0.3) is 5.91 Å². The quantitative estimate of drug-likeness (QED) is 0.571. The van der Waals surface area contributed by atoms with Crippen LogP contribution < -0.4 is 10.6 Å². The highest BCUT2D eigenvalue weighted by molar-refractivity contribution is 6.06. The van der Waals surface area contributed by atoms with Gasteiger partial charge in [-0.1, -0.05) is 31.2 Å². The lowest BCUT2D eigenvalue weighted by molar-refractivity contribution is -0.116. The molecule has 0 saturated carbocycles. The first-order chi connectivity index (χ1) is 14.9. The Labute approximate surface area is 183 Å². The fraction of sp³-hybridized carbons (Fsp3) is 0.360. The number of hydrogen-bond donors (Lipinski definition) is 3. The number of para-hydroxylation sites is 1. The third-order valence-electron chi connectivity index (χ3n) is 5.84. The molecule has 31 heavy (non-hydrogen) atoms. The lowest BCUT2D eigenvalue weighted by Crippen LogP contribution is -2.27. The van der Waals surface area contributed by atoms with E-state index in [9.17, 15) is 9.59 Å². The third-order valence-corrected chi connectivity index (χ3v) is 5.84. The summed E-state index contributed by atoms with van der Waals surface area (Å²) in [6.45, 7) is 3.00. The maximum atomic E-state index is 13.0. The minimum absolute atomic E-state index is 0.0668. The smallest absolute Gasteiger partial charge is 0.253 e. The van der Waals surface area contributed by atoms with Crippen LogP contribution in [0.1, 0.15) is 40.5 Å². The van der Waals surface area contributed by atoms with Crippen LogP contribution in [0.3, 0.4) is 0 Å². The number of aromatic nitrogens is 1. The summed E-state index contributed by atoms with van der Waals surface area (Å²) in [6, 6.07) is 13.5. The Hall–Kier alpha value is -3.12. The van der Waals surface area contributed by atoms with Gasteiger partial charge in [0, 0.05) is 23.3 Å². The van der Waals surface area contributed by atoms with Gasteiger partial charge in [-0.05, 0) is 68.6 Å². The summed E-state index contributed by atoms with van der Waals surface area (Å²) in [4.78, 5) is 30.3. The van der Waals surface area contributed by atoms with Crippen LogP contribution in [0, 0.1) is 5.92 Å². The van der Waals surface area contributed by atoms with E-state index < -0.39 is 0 Å². The number of nitrogens with zero attached hydrogens (tertiary/aromatic N) is 1. The molecule has 0 radical (unpaired) electrons. The Bertz CT molecular complexity index is 1120. The maximum absolute atomic E-state index is 13.0. The summed E-state index contributed by atoms with van der Waals surface area (Å²) in [7, 11) is 3.71. The summed E-state index contributed by atoms with van der Waals surface area (Å²) < 4.78 is 0. The normalized spacial score (nSPS) is 15.7. The van der Waals surface area contributed by atoms with Crippen molar-refractivity contribution in [3.05, 3.63) is 64.8 Å². The van der Waals surface area contributed by atoms with E-state index in [0.717, 1.165) is 29.6 Å². The number of likely N-dealkylation sites (N-methyl/N-ethyl adjacent to an activating group) is 1. The van der Waals surface area contributed by atoms with Crippen molar-refractivity contribution >= 4 is 28.4 Å². The highest BCUT2D eigenvalue weighted by atomic mass is 16.2. The summed E-state index contributed by atoms with van der Waals surface area (Å²) in [6.07, 6.45) is 3.29. The van der Waals surface area contributed by atoms with Crippen molar-refractivity contribution in [1.82, 2.24) is 15.2 Å². The molecule has 1 aliphatic rings. The third kappa shape index (κ3) is 4.80. The zero-order valence-corrected chi connectivity index (χ0v) is 18.4. The SMILES string of the molecule is CC1CCc2[nH]c3c(C(=O)NCc4cccc(NC(=O)CN(C)C)c4)cccc3c2C1. The largest absolute Gasteiger partial charge is 0.358 e. The minimum Gasteiger partial charge on any atom is -0.358 e. The number of carbonyl (C=O) groups is 2. The number of hydrogen-bond acceptors (Lipinski definition) is 3. The summed E-state index contributed by atoms with van der Waals surface area (Å²) >= 11 is 0. The number of rotatable bonds is 6. The van der Waals surface area contributed by atoms with E-state index in [0.29, 0.717) is 24.6 Å². The Morgan fingerprint density at radius 3 is 2.77 bits per heavy atom. The number of fused-ring (bicyclic) bond motifs is 3. The Balaban J connectivity index is 1.47. The predicted octanol–water partition coefficient (Wildman–Crippen LogP) is 3.72. The van der Waals surface area contributed by atoms with E-state index in [1.807, 2.05) is 55.4 Å². The fourth-order valence-electron chi connectivity index (χ4n) is 4.33. The van der Waals surface area contributed by atoms with E-state index in [4.69, 9.17) is 0 Å². The molecular weight excluding hydrogens is 388 g/mol. The van der Waals surface area contributed by atoms with Gasteiger partial charge in [0.05, 0.1) is 17.6 Å². The summed E-state index contributed by atoms with van der Waals surface area (Å²) in [5.41, 5.74) is 5.91. The van der Waals surface area contributed by atoms with Gasteiger partial charge in [-0.15, -0.1) is 0 Å². The lowest BCUT2D eigenvalue weighted by Gasteiger charge is -2.17. The van der Waals surface area contributed by atoms with Crippen molar-refractivity contribution in [2.24, 2.45) is 5.92 Å². The van der Waals surface area contributed by atoms with Gasteiger partial charge < -0.3 is 20.5 Å². The van der Waals surface area contributed by atoms with E-state index in [1.165, 1.54) is 23.1 Å². The van der Waals surface area contributed by atoms with Crippen LogP contribution in [-0.4, -0.2) is 42.3 Å². The molecule has 0 bridgehead atoms. The molecule has 1 unspecified atom stereocenters. The summed E-state index contributed by atoms with van der Waals surface area (Å²) in [5, 5.41) is 7.09. The molecule has 0 spiro atoms. The number of benzene rings is 2. The first-order valence-electron chi connectivity index (χ1n) is 10.8. The minimum atomic E-state index is -0.0979. The van der Waals surface area contributed by atoms with E-state index >= 15 is 0 Å². The molecule has 4 rings (SSSR count). The van der Waals surface area contributed by atoms with Crippen LogP contribution in [0.15, 0.2) is 42.5 Å². The first kappa shape index (κ1) is 21.1. The van der Waals surface area contributed by atoms with Crippen molar-refractivity contribution in [3.8, 4) is 0 Å². The molecule has 6 heteroatoms. The summed E-state index contributed by atoms with van der Waals surface area (Å²) in [5.74, 6) is 0.511. The van der Waals surface area contributed by atoms with Crippen molar-refractivity contribution in [2.45, 2.75) is 32.7 Å². The van der Waals surface area contributed by atoms with Gasteiger partial charge in [0.15, 0.2) is 0 Å².